The standard InChI is InChI=1S/C11H18N4/c1-11(5-2-3-6-11)8-14-9-4-7-13-10(12)15-9/h4,7H,2-3,5-6,8H2,1H3,(H3,12,13,14,15). The molecule has 82 valence electrons. The van der Waals surface area contributed by atoms with Crippen molar-refractivity contribution in [3.05, 3.63) is 12.3 Å². The fourth-order valence-corrected chi connectivity index (χ4v) is 2.18. The molecule has 0 radical (unpaired) electrons. The second kappa shape index (κ2) is 4.04. The van der Waals surface area contributed by atoms with E-state index in [1.165, 1.54) is 25.7 Å². The van der Waals surface area contributed by atoms with E-state index >= 15 is 0 Å². The van der Waals surface area contributed by atoms with Crippen molar-refractivity contribution in [2.24, 2.45) is 5.41 Å². The van der Waals surface area contributed by atoms with Crippen LogP contribution in [-0.4, -0.2) is 16.5 Å². The zero-order chi connectivity index (χ0) is 10.7. The van der Waals surface area contributed by atoms with Crippen LogP contribution in [-0.2, 0) is 0 Å². The number of nitrogens with two attached hydrogens (primary N) is 1. The summed E-state index contributed by atoms with van der Waals surface area (Å²) in [6.07, 6.45) is 7.00. The van der Waals surface area contributed by atoms with Crippen LogP contribution < -0.4 is 11.1 Å². The zero-order valence-electron chi connectivity index (χ0n) is 9.16. The third-order valence-corrected chi connectivity index (χ3v) is 3.18. The van der Waals surface area contributed by atoms with E-state index in [-0.39, 0.29) is 0 Å². The molecule has 1 saturated carbocycles. The van der Waals surface area contributed by atoms with Gasteiger partial charge in [-0.1, -0.05) is 19.8 Å². The van der Waals surface area contributed by atoms with Crippen LogP contribution in [0.4, 0.5) is 11.8 Å². The molecule has 0 aromatic carbocycles. The Morgan fingerprint density at radius 3 is 2.87 bits per heavy atom. The lowest BCUT2D eigenvalue weighted by Gasteiger charge is -2.23. The second-order valence-electron chi connectivity index (χ2n) is 4.67. The molecule has 1 aromatic heterocycles. The molecule has 0 amide bonds. The SMILES string of the molecule is CC1(CNc2ccnc(N)n2)CCCC1. The minimum atomic E-state index is 0.330. The monoisotopic (exact) mass is 206 g/mol. The maximum atomic E-state index is 5.51. The first-order valence-corrected chi connectivity index (χ1v) is 5.50. The Morgan fingerprint density at radius 1 is 1.47 bits per heavy atom. The van der Waals surface area contributed by atoms with Crippen molar-refractivity contribution in [3.63, 3.8) is 0 Å². The summed E-state index contributed by atoms with van der Waals surface area (Å²) >= 11 is 0. The van der Waals surface area contributed by atoms with Gasteiger partial charge in [-0.15, -0.1) is 0 Å². The summed E-state index contributed by atoms with van der Waals surface area (Å²) in [6.45, 7) is 3.31. The molecule has 1 heterocycles. The number of hydrogen-bond donors (Lipinski definition) is 2. The molecule has 15 heavy (non-hydrogen) atoms. The highest BCUT2D eigenvalue weighted by Crippen LogP contribution is 2.37. The molecule has 1 aliphatic rings. The molecule has 0 atom stereocenters. The molecule has 0 unspecified atom stereocenters. The summed E-state index contributed by atoms with van der Waals surface area (Å²) in [5.41, 5.74) is 5.94. The highest BCUT2D eigenvalue weighted by molar-refractivity contribution is 5.37. The van der Waals surface area contributed by atoms with Gasteiger partial charge in [-0.05, 0) is 24.3 Å². The average Bonchev–Trinajstić information content (AvgIpc) is 2.63. The number of nitrogens with zero attached hydrogens (tertiary/aromatic N) is 2. The van der Waals surface area contributed by atoms with Crippen LogP contribution in [0.25, 0.3) is 0 Å². The minimum Gasteiger partial charge on any atom is -0.369 e. The minimum absolute atomic E-state index is 0.330. The van der Waals surface area contributed by atoms with Gasteiger partial charge < -0.3 is 11.1 Å². The molecule has 1 aliphatic carbocycles. The quantitative estimate of drug-likeness (QED) is 0.794. The summed E-state index contributed by atoms with van der Waals surface area (Å²) in [5.74, 6) is 1.16. The van der Waals surface area contributed by atoms with Gasteiger partial charge in [-0.2, -0.15) is 4.98 Å². The van der Waals surface area contributed by atoms with Crippen LogP contribution in [0.2, 0.25) is 0 Å². The highest BCUT2D eigenvalue weighted by Gasteiger charge is 2.28. The van der Waals surface area contributed by atoms with Crippen LogP contribution in [0.5, 0.6) is 0 Å². The Hall–Kier alpha value is -1.32. The smallest absolute Gasteiger partial charge is 0.221 e. The van der Waals surface area contributed by atoms with Crippen LogP contribution in [0, 0.1) is 5.41 Å². The molecule has 0 saturated heterocycles. The Morgan fingerprint density at radius 2 is 2.20 bits per heavy atom. The van der Waals surface area contributed by atoms with Crippen molar-refractivity contribution in [2.45, 2.75) is 32.6 Å². The summed E-state index contributed by atoms with van der Waals surface area (Å²) < 4.78 is 0. The number of nitrogens with one attached hydrogen (secondary N) is 1. The molecule has 0 spiro atoms. The summed E-state index contributed by atoms with van der Waals surface area (Å²) in [5, 5.41) is 3.34. The number of nitrogen functional groups attached to an aromatic ring is 1. The van der Waals surface area contributed by atoms with E-state index in [9.17, 15) is 0 Å². The number of anilines is 2. The molecule has 4 heteroatoms. The third kappa shape index (κ3) is 2.58. The first kappa shape index (κ1) is 10.2. The van der Waals surface area contributed by atoms with Gasteiger partial charge in [0.1, 0.15) is 5.82 Å². The zero-order valence-corrected chi connectivity index (χ0v) is 9.16. The maximum Gasteiger partial charge on any atom is 0.221 e. The molecular weight excluding hydrogens is 188 g/mol. The van der Waals surface area contributed by atoms with E-state index in [1.807, 2.05) is 6.07 Å². The van der Waals surface area contributed by atoms with Crippen LogP contribution in [0.15, 0.2) is 12.3 Å². The van der Waals surface area contributed by atoms with E-state index < -0.39 is 0 Å². The third-order valence-electron chi connectivity index (χ3n) is 3.18. The van der Waals surface area contributed by atoms with Gasteiger partial charge in [0.25, 0.3) is 0 Å². The van der Waals surface area contributed by atoms with E-state index in [2.05, 4.69) is 22.2 Å². The maximum absolute atomic E-state index is 5.51. The van der Waals surface area contributed by atoms with Crippen molar-refractivity contribution < 1.29 is 0 Å². The highest BCUT2D eigenvalue weighted by atomic mass is 15.1. The van der Waals surface area contributed by atoms with Gasteiger partial charge in [-0.25, -0.2) is 4.98 Å². The van der Waals surface area contributed by atoms with Crippen LogP contribution in [0.1, 0.15) is 32.6 Å². The van der Waals surface area contributed by atoms with E-state index in [0.29, 0.717) is 11.4 Å². The normalized spacial score (nSPS) is 19.0. The molecule has 3 N–H and O–H groups in total. The van der Waals surface area contributed by atoms with Gasteiger partial charge >= 0.3 is 0 Å². The largest absolute Gasteiger partial charge is 0.369 e. The van der Waals surface area contributed by atoms with Crippen molar-refractivity contribution >= 4 is 11.8 Å². The van der Waals surface area contributed by atoms with Gasteiger partial charge in [0.2, 0.25) is 5.95 Å². The Bertz CT molecular complexity index is 331. The van der Waals surface area contributed by atoms with E-state index in [4.69, 9.17) is 5.73 Å². The Labute approximate surface area is 90.3 Å². The van der Waals surface area contributed by atoms with Gasteiger partial charge in [0.15, 0.2) is 0 Å². The summed E-state index contributed by atoms with van der Waals surface area (Å²) in [7, 11) is 0. The van der Waals surface area contributed by atoms with Crippen molar-refractivity contribution in [1.82, 2.24) is 9.97 Å². The predicted molar refractivity (Wildman–Crippen MR) is 61.5 cm³/mol. The van der Waals surface area contributed by atoms with Crippen LogP contribution in [0.3, 0.4) is 0 Å². The molecule has 0 bridgehead atoms. The molecular formula is C11H18N4. The lowest BCUT2D eigenvalue weighted by molar-refractivity contribution is 0.361. The molecule has 4 nitrogen and oxygen atoms in total. The van der Waals surface area contributed by atoms with Crippen molar-refractivity contribution in [2.75, 3.05) is 17.6 Å². The molecule has 1 fully saturated rings. The van der Waals surface area contributed by atoms with Crippen molar-refractivity contribution in [1.29, 1.82) is 0 Å². The average molecular weight is 206 g/mol. The Kier molecular flexibility index (Phi) is 2.75. The number of rotatable bonds is 3. The fraction of sp³-hybridized carbons (Fsp3) is 0.636. The molecule has 2 rings (SSSR count). The summed E-state index contributed by atoms with van der Waals surface area (Å²) in [6, 6.07) is 1.86. The van der Waals surface area contributed by atoms with Gasteiger partial charge in [0, 0.05) is 12.7 Å². The number of aromatic nitrogens is 2. The molecule has 0 aliphatic heterocycles. The predicted octanol–water partition coefficient (Wildman–Crippen LogP) is 2.05. The van der Waals surface area contributed by atoms with Crippen molar-refractivity contribution in [3.8, 4) is 0 Å². The van der Waals surface area contributed by atoms with E-state index in [0.717, 1.165) is 12.4 Å². The molecule has 1 aromatic rings. The van der Waals surface area contributed by atoms with E-state index in [1.54, 1.807) is 6.20 Å². The van der Waals surface area contributed by atoms with Gasteiger partial charge in [-0.3, -0.25) is 0 Å². The van der Waals surface area contributed by atoms with Gasteiger partial charge in [0.05, 0.1) is 0 Å². The first-order valence-electron chi connectivity index (χ1n) is 5.50. The first-order chi connectivity index (χ1) is 7.18. The second-order valence-corrected chi connectivity index (χ2v) is 4.67. The number of hydrogen-bond acceptors (Lipinski definition) is 4. The van der Waals surface area contributed by atoms with Crippen LogP contribution >= 0.6 is 0 Å². The lowest BCUT2D eigenvalue weighted by atomic mass is 9.89. The summed E-state index contributed by atoms with van der Waals surface area (Å²) in [4.78, 5) is 7.98. The lowest BCUT2D eigenvalue weighted by Crippen LogP contribution is -2.23. The fourth-order valence-electron chi connectivity index (χ4n) is 2.18. The Balaban J connectivity index is 1.92. The topological polar surface area (TPSA) is 63.8 Å².